The van der Waals surface area contributed by atoms with E-state index in [4.69, 9.17) is 26.0 Å². The predicted molar refractivity (Wildman–Crippen MR) is 122 cm³/mol. The van der Waals surface area contributed by atoms with Crippen LogP contribution in [0.15, 0.2) is 56.0 Å². The summed E-state index contributed by atoms with van der Waals surface area (Å²) in [5, 5.41) is 22.9. The number of hydrogen-bond acceptors (Lipinski definition) is 10. The monoisotopic (exact) mass is 579 g/mol. The second-order valence-corrected chi connectivity index (χ2v) is 14.1. The smallest absolute Gasteiger partial charge is 0.261 e. The van der Waals surface area contributed by atoms with E-state index in [9.17, 15) is 33.7 Å². The van der Waals surface area contributed by atoms with Gasteiger partial charge in [-0.25, -0.2) is 48.3 Å². The fourth-order valence-electron chi connectivity index (χ4n) is 2.44. The molecule has 2 rings (SSSR count). The van der Waals surface area contributed by atoms with Crippen molar-refractivity contribution in [1.82, 2.24) is 9.44 Å². The molecule has 0 aliphatic carbocycles. The van der Waals surface area contributed by atoms with E-state index >= 15 is 0 Å². The van der Waals surface area contributed by atoms with Gasteiger partial charge in [0, 0.05) is 10.7 Å². The van der Waals surface area contributed by atoms with Gasteiger partial charge in [-0.15, -0.1) is 0 Å². The van der Waals surface area contributed by atoms with Gasteiger partial charge in [-0.3, -0.25) is 0 Å². The van der Waals surface area contributed by atoms with Crippen molar-refractivity contribution >= 4 is 49.8 Å². The van der Waals surface area contributed by atoms with Crippen molar-refractivity contribution in [3.8, 4) is 0 Å². The fourth-order valence-corrected chi connectivity index (χ4v) is 5.87. The average Bonchev–Trinajstić information content (AvgIpc) is 2.77. The summed E-state index contributed by atoms with van der Waals surface area (Å²) < 4.78 is 94.5. The molecule has 0 aliphatic rings. The molecule has 0 bridgehead atoms. The van der Waals surface area contributed by atoms with Crippen molar-refractivity contribution in [2.24, 2.45) is 5.14 Å². The van der Waals surface area contributed by atoms with E-state index in [0.717, 1.165) is 36.4 Å². The first kappa shape index (κ1) is 30.4. The molecular weight excluding hydrogens is 558 g/mol. The lowest BCUT2D eigenvalue weighted by molar-refractivity contribution is 0.278. The molecule has 0 spiro atoms. The summed E-state index contributed by atoms with van der Waals surface area (Å²) in [5.41, 5.74) is -0.139. The molecule has 0 aromatic heterocycles. The Hall–Kier alpha value is -1.67. The van der Waals surface area contributed by atoms with Gasteiger partial charge in [-0.2, -0.15) is 0 Å². The van der Waals surface area contributed by atoms with Gasteiger partial charge in [-0.1, -0.05) is 0 Å². The number of nitrogens with one attached hydrogen (secondary N) is 2. The Bertz CT molecular complexity index is 1360. The number of hydrogen-bond donors (Lipinski definition) is 5. The second-order valence-electron chi connectivity index (χ2n) is 6.25. The van der Waals surface area contributed by atoms with E-state index in [1.165, 1.54) is 14.1 Å². The normalized spacial score (nSPS) is 12.6. The number of rotatable bonds is 8. The largest absolute Gasteiger partial charge is 0.392 e. The van der Waals surface area contributed by atoms with Crippen LogP contribution in [-0.4, -0.2) is 58.0 Å². The topological polar surface area (TPSA) is 227 Å². The molecule has 0 radical (unpaired) electrons. The minimum absolute atomic E-state index is 0.0659. The molecule has 18 heteroatoms. The SMILES string of the molecule is CNS(=O)(=O)c1ccc(S(=O)(=O)Cl)c(CO)c1.CNS(=O)(=O)c1ccc(S(N)(=O)=O)c(CO)c1. The van der Waals surface area contributed by atoms with Crippen LogP contribution < -0.4 is 14.6 Å². The minimum Gasteiger partial charge on any atom is -0.392 e. The summed E-state index contributed by atoms with van der Waals surface area (Å²) in [4.78, 5) is -0.892. The quantitative estimate of drug-likeness (QED) is 0.233. The summed E-state index contributed by atoms with van der Waals surface area (Å²) in [6, 6.07) is 6.40. The molecule has 192 valence electrons. The maximum atomic E-state index is 11.5. The Balaban J connectivity index is 0.000000340. The van der Waals surface area contributed by atoms with Gasteiger partial charge in [0.05, 0.1) is 32.8 Å². The highest BCUT2D eigenvalue weighted by Crippen LogP contribution is 2.23. The lowest BCUT2D eigenvalue weighted by Gasteiger charge is -2.08. The van der Waals surface area contributed by atoms with Crippen molar-refractivity contribution in [3.05, 3.63) is 47.5 Å². The van der Waals surface area contributed by atoms with Crippen LogP contribution >= 0.6 is 10.7 Å². The van der Waals surface area contributed by atoms with Crippen molar-refractivity contribution in [3.63, 3.8) is 0 Å². The van der Waals surface area contributed by atoms with E-state index in [2.05, 4.69) is 9.44 Å². The van der Waals surface area contributed by atoms with Gasteiger partial charge in [0.1, 0.15) is 0 Å². The number of nitrogens with two attached hydrogens (primary N) is 1. The average molecular weight is 580 g/mol. The molecule has 34 heavy (non-hydrogen) atoms. The Labute approximate surface area is 202 Å². The van der Waals surface area contributed by atoms with E-state index in [0.29, 0.717) is 0 Å². The number of sulfonamides is 3. The molecule has 2 aromatic carbocycles. The zero-order valence-electron chi connectivity index (χ0n) is 17.6. The molecule has 0 saturated carbocycles. The van der Waals surface area contributed by atoms with Crippen LogP contribution in [-0.2, 0) is 52.3 Å². The summed E-state index contributed by atoms with van der Waals surface area (Å²) in [5.74, 6) is 0. The maximum Gasteiger partial charge on any atom is 0.261 e. The van der Waals surface area contributed by atoms with Gasteiger partial charge in [-0.05, 0) is 61.6 Å². The molecule has 2 aromatic rings. The molecule has 13 nitrogen and oxygen atoms in total. The number of aliphatic hydroxyl groups excluding tert-OH is 2. The van der Waals surface area contributed by atoms with Crippen molar-refractivity contribution in [1.29, 1.82) is 0 Å². The molecule has 0 unspecified atom stereocenters. The standard InChI is InChI=1S/C8H10ClNO5S2.C8H12N2O5S2/c2*1-10-17(14,15)7-2-3-8(16(9,12)13)6(4-7)5-11/h2-4,10-11H,5H2,1H3;2-4,10-11H,5H2,1H3,(H2,9,12,13). The Morgan fingerprint density at radius 3 is 1.38 bits per heavy atom. The first-order valence-electron chi connectivity index (χ1n) is 8.76. The highest BCUT2D eigenvalue weighted by Gasteiger charge is 2.20. The Morgan fingerprint density at radius 1 is 0.735 bits per heavy atom. The highest BCUT2D eigenvalue weighted by atomic mass is 35.7. The predicted octanol–water partition coefficient (Wildman–Crippen LogP) is -1.25. The fraction of sp³-hybridized carbons (Fsp3) is 0.250. The van der Waals surface area contributed by atoms with Crippen LogP contribution in [0.2, 0.25) is 0 Å². The molecule has 0 atom stereocenters. The first-order chi connectivity index (χ1) is 15.4. The van der Waals surface area contributed by atoms with Crippen molar-refractivity contribution < 1.29 is 43.9 Å². The van der Waals surface area contributed by atoms with Crippen LogP contribution in [0.3, 0.4) is 0 Å². The number of primary sulfonamides is 1. The van der Waals surface area contributed by atoms with E-state index in [-0.39, 0.29) is 30.7 Å². The molecule has 6 N–H and O–H groups in total. The molecule has 0 fully saturated rings. The maximum absolute atomic E-state index is 11.5. The van der Waals surface area contributed by atoms with Crippen LogP contribution in [0.25, 0.3) is 0 Å². The number of benzene rings is 2. The van der Waals surface area contributed by atoms with Gasteiger partial charge in [0.2, 0.25) is 30.1 Å². The molecule has 0 aliphatic heterocycles. The summed E-state index contributed by atoms with van der Waals surface area (Å²) in [6.07, 6.45) is 0. The first-order valence-corrected chi connectivity index (χ1v) is 15.6. The van der Waals surface area contributed by atoms with Crippen LogP contribution in [0, 0.1) is 0 Å². The minimum atomic E-state index is -4.02. The van der Waals surface area contributed by atoms with Crippen LogP contribution in [0.4, 0.5) is 0 Å². The van der Waals surface area contributed by atoms with Crippen LogP contribution in [0.5, 0.6) is 0 Å². The third-order valence-electron chi connectivity index (χ3n) is 4.13. The zero-order chi connectivity index (χ0) is 26.5. The van der Waals surface area contributed by atoms with Crippen molar-refractivity contribution in [2.75, 3.05) is 14.1 Å². The highest BCUT2D eigenvalue weighted by molar-refractivity contribution is 8.13. The third kappa shape index (κ3) is 7.67. The Kier molecular flexibility index (Phi) is 10.2. The lowest BCUT2D eigenvalue weighted by Crippen LogP contribution is -2.20. The van der Waals surface area contributed by atoms with E-state index < -0.39 is 52.3 Å². The van der Waals surface area contributed by atoms with Gasteiger partial charge >= 0.3 is 0 Å². The van der Waals surface area contributed by atoms with E-state index in [1.54, 1.807) is 0 Å². The molecule has 0 saturated heterocycles. The number of aliphatic hydroxyl groups is 2. The molecule has 0 heterocycles. The number of halogens is 1. The summed E-state index contributed by atoms with van der Waals surface area (Å²) in [6.45, 7) is -1.26. The van der Waals surface area contributed by atoms with Crippen molar-refractivity contribution in [2.45, 2.75) is 32.8 Å². The Morgan fingerprint density at radius 2 is 1.09 bits per heavy atom. The van der Waals surface area contributed by atoms with Crippen LogP contribution in [0.1, 0.15) is 11.1 Å². The molecular formula is C16H22ClN3O10S4. The van der Waals surface area contributed by atoms with Gasteiger partial charge in [0.15, 0.2) is 0 Å². The second kappa shape index (κ2) is 11.4. The lowest BCUT2D eigenvalue weighted by atomic mass is 10.2. The summed E-state index contributed by atoms with van der Waals surface area (Å²) in [7, 11) is -7.80. The van der Waals surface area contributed by atoms with E-state index in [1.807, 2.05) is 0 Å². The summed E-state index contributed by atoms with van der Waals surface area (Å²) >= 11 is 0. The molecule has 0 amide bonds. The zero-order valence-corrected chi connectivity index (χ0v) is 21.6. The van der Waals surface area contributed by atoms with Gasteiger partial charge in [0.25, 0.3) is 9.05 Å². The third-order valence-corrected chi connectivity index (χ3v) is 9.39. The van der Waals surface area contributed by atoms with Gasteiger partial charge < -0.3 is 10.2 Å².